The third-order valence-corrected chi connectivity index (χ3v) is 4.99. The summed E-state index contributed by atoms with van der Waals surface area (Å²) in [4.78, 5) is 14.5. The van der Waals surface area contributed by atoms with Crippen molar-refractivity contribution in [2.45, 2.75) is 58.1 Å². The van der Waals surface area contributed by atoms with Crippen LogP contribution in [0.25, 0.3) is 11.0 Å². The number of likely N-dealkylation sites (tertiary alicyclic amines) is 1. The Kier molecular flexibility index (Phi) is 6.62. The molecule has 0 spiro atoms. The summed E-state index contributed by atoms with van der Waals surface area (Å²) in [6, 6.07) is 5.59. The van der Waals surface area contributed by atoms with Crippen LogP contribution in [0.1, 0.15) is 45.6 Å². The maximum absolute atomic E-state index is 12.5. The molecule has 1 aromatic carbocycles. The van der Waals surface area contributed by atoms with Crippen molar-refractivity contribution in [2.24, 2.45) is 0 Å². The fraction of sp³-hybridized carbons (Fsp3) is 0.591. The second-order valence-corrected chi connectivity index (χ2v) is 8.63. The minimum atomic E-state index is -0.593. The zero-order valence-corrected chi connectivity index (χ0v) is 17.2. The Morgan fingerprint density at radius 2 is 2.04 bits per heavy atom. The van der Waals surface area contributed by atoms with E-state index >= 15 is 0 Å². The molecule has 6 heteroatoms. The number of hydrogen-bond acceptors (Lipinski definition) is 5. The highest BCUT2D eigenvalue weighted by Gasteiger charge is 2.19. The van der Waals surface area contributed by atoms with Gasteiger partial charge in [0.05, 0.1) is 12.7 Å². The third-order valence-electron chi connectivity index (χ3n) is 4.99. The van der Waals surface area contributed by atoms with Gasteiger partial charge in [-0.25, -0.2) is 0 Å². The van der Waals surface area contributed by atoms with Gasteiger partial charge in [0, 0.05) is 42.2 Å². The summed E-state index contributed by atoms with van der Waals surface area (Å²) in [6.07, 6.45) is 4.83. The van der Waals surface area contributed by atoms with E-state index in [9.17, 15) is 9.90 Å². The van der Waals surface area contributed by atoms with E-state index in [1.165, 1.54) is 6.42 Å². The molecule has 3 rings (SSSR count). The molecule has 1 aliphatic heterocycles. The molecule has 1 atom stereocenters. The van der Waals surface area contributed by atoms with Crippen LogP contribution < -0.4 is 10.1 Å². The van der Waals surface area contributed by atoms with Gasteiger partial charge in [-0.2, -0.15) is 0 Å². The number of aliphatic hydroxyl groups excluding tert-OH is 1. The van der Waals surface area contributed by atoms with Gasteiger partial charge < -0.3 is 24.5 Å². The predicted octanol–water partition coefficient (Wildman–Crippen LogP) is 3.12. The Morgan fingerprint density at radius 3 is 2.75 bits per heavy atom. The van der Waals surface area contributed by atoms with Crippen LogP contribution in [0.4, 0.5) is 0 Å². The van der Waals surface area contributed by atoms with Crippen LogP contribution >= 0.6 is 0 Å². The van der Waals surface area contributed by atoms with E-state index in [2.05, 4.69) is 26.1 Å². The number of carbonyl (C=O) groups excluding carboxylic acids is 1. The van der Waals surface area contributed by atoms with Gasteiger partial charge >= 0.3 is 0 Å². The quantitative estimate of drug-likeness (QED) is 0.762. The maximum Gasteiger partial charge on any atom is 0.227 e. The molecular formula is C22H32N2O4. The standard InChI is InChI=1S/C22H32N2O4/c1-22(2,3)23-13-17(25)15-27-18-7-8-19-16(14-28-20(19)12-18)11-21(26)24-9-5-4-6-10-24/h7-8,12,14,17,23,25H,4-6,9-11,13,15H2,1-3H3. The number of benzene rings is 1. The molecule has 28 heavy (non-hydrogen) atoms. The van der Waals surface area contributed by atoms with Crippen LogP contribution in [-0.2, 0) is 11.2 Å². The first-order valence-electron chi connectivity index (χ1n) is 10.2. The van der Waals surface area contributed by atoms with Gasteiger partial charge in [0.2, 0.25) is 5.91 Å². The SMILES string of the molecule is CC(C)(C)NCC(O)COc1ccc2c(CC(=O)N3CCCCC3)coc2c1. The largest absolute Gasteiger partial charge is 0.491 e. The average molecular weight is 389 g/mol. The van der Waals surface area contributed by atoms with Crippen molar-refractivity contribution in [1.29, 1.82) is 0 Å². The molecule has 1 unspecified atom stereocenters. The highest BCUT2D eigenvalue weighted by molar-refractivity contribution is 5.88. The van der Waals surface area contributed by atoms with E-state index in [0.717, 1.165) is 36.9 Å². The number of amides is 1. The Morgan fingerprint density at radius 1 is 1.29 bits per heavy atom. The smallest absolute Gasteiger partial charge is 0.227 e. The van der Waals surface area contributed by atoms with Gasteiger partial charge in [-0.05, 0) is 52.2 Å². The summed E-state index contributed by atoms with van der Waals surface area (Å²) in [5.74, 6) is 0.808. The summed E-state index contributed by atoms with van der Waals surface area (Å²) in [5, 5.41) is 14.3. The number of β-amino-alcohol motifs (C(OH)–C–C–N with tert-alkyl or cyclic N) is 1. The molecule has 1 amide bonds. The number of carbonyl (C=O) groups is 1. The normalized spacial score (nSPS) is 16.4. The first kappa shape index (κ1) is 20.7. The van der Waals surface area contributed by atoms with Gasteiger partial charge in [-0.15, -0.1) is 0 Å². The summed E-state index contributed by atoms with van der Waals surface area (Å²) in [7, 11) is 0. The van der Waals surface area contributed by atoms with E-state index in [1.807, 2.05) is 23.1 Å². The van der Waals surface area contributed by atoms with Crippen molar-refractivity contribution >= 4 is 16.9 Å². The number of ether oxygens (including phenoxy) is 1. The second-order valence-electron chi connectivity index (χ2n) is 8.63. The Bertz CT molecular complexity index is 787. The minimum absolute atomic E-state index is 0.0455. The number of nitrogens with one attached hydrogen (secondary N) is 1. The first-order valence-corrected chi connectivity index (χ1v) is 10.2. The fourth-order valence-electron chi connectivity index (χ4n) is 3.38. The van der Waals surface area contributed by atoms with E-state index in [4.69, 9.17) is 9.15 Å². The molecule has 1 fully saturated rings. The summed E-state index contributed by atoms with van der Waals surface area (Å²) < 4.78 is 11.4. The van der Waals surface area contributed by atoms with Crippen molar-refractivity contribution < 1.29 is 19.1 Å². The number of piperidine rings is 1. The lowest BCUT2D eigenvalue weighted by Gasteiger charge is -2.26. The van der Waals surface area contributed by atoms with Gasteiger partial charge in [-0.3, -0.25) is 4.79 Å². The van der Waals surface area contributed by atoms with Crippen molar-refractivity contribution in [3.05, 3.63) is 30.0 Å². The molecule has 1 aliphatic rings. The van der Waals surface area contributed by atoms with Crippen LogP contribution in [0, 0.1) is 0 Å². The average Bonchev–Trinajstić information content (AvgIpc) is 3.07. The number of aliphatic hydroxyl groups is 1. The van der Waals surface area contributed by atoms with E-state index in [1.54, 1.807) is 6.26 Å². The van der Waals surface area contributed by atoms with Gasteiger partial charge in [-0.1, -0.05) is 0 Å². The highest BCUT2D eigenvalue weighted by atomic mass is 16.5. The number of nitrogens with zero attached hydrogens (tertiary/aromatic N) is 1. The first-order chi connectivity index (χ1) is 13.3. The van der Waals surface area contributed by atoms with Crippen molar-refractivity contribution in [3.63, 3.8) is 0 Å². The molecule has 0 bridgehead atoms. The number of furan rings is 1. The zero-order valence-electron chi connectivity index (χ0n) is 17.2. The second kappa shape index (κ2) is 8.97. The Balaban J connectivity index is 1.57. The molecule has 154 valence electrons. The van der Waals surface area contributed by atoms with Gasteiger partial charge in [0.1, 0.15) is 24.0 Å². The van der Waals surface area contributed by atoms with Crippen LogP contribution in [-0.4, -0.2) is 53.8 Å². The molecule has 1 aromatic heterocycles. The van der Waals surface area contributed by atoms with E-state index in [-0.39, 0.29) is 18.1 Å². The van der Waals surface area contributed by atoms with E-state index in [0.29, 0.717) is 24.3 Å². The van der Waals surface area contributed by atoms with Gasteiger partial charge in [0.15, 0.2) is 0 Å². The third kappa shape index (κ3) is 5.72. The zero-order chi connectivity index (χ0) is 20.1. The molecule has 6 nitrogen and oxygen atoms in total. The number of hydrogen-bond donors (Lipinski definition) is 2. The lowest BCUT2D eigenvalue weighted by molar-refractivity contribution is -0.131. The predicted molar refractivity (Wildman–Crippen MR) is 110 cm³/mol. The number of rotatable bonds is 7. The molecule has 2 N–H and O–H groups in total. The Labute approximate surface area is 166 Å². The summed E-state index contributed by atoms with van der Waals surface area (Å²) >= 11 is 0. The number of fused-ring (bicyclic) bond motifs is 1. The van der Waals surface area contributed by atoms with Crippen molar-refractivity contribution in [1.82, 2.24) is 10.2 Å². The minimum Gasteiger partial charge on any atom is -0.491 e. The van der Waals surface area contributed by atoms with E-state index < -0.39 is 6.10 Å². The summed E-state index contributed by atoms with van der Waals surface area (Å²) in [6.45, 7) is 8.56. The molecule has 2 aromatic rings. The summed E-state index contributed by atoms with van der Waals surface area (Å²) in [5.41, 5.74) is 1.56. The Hall–Kier alpha value is -2.05. The molecule has 2 heterocycles. The van der Waals surface area contributed by atoms with Crippen LogP contribution in [0.15, 0.2) is 28.9 Å². The maximum atomic E-state index is 12.5. The van der Waals surface area contributed by atoms with Crippen LogP contribution in [0.5, 0.6) is 5.75 Å². The van der Waals surface area contributed by atoms with Gasteiger partial charge in [0.25, 0.3) is 0 Å². The highest BCUT2D eigenvalue weighted by Crippen LogP contribution is 2.26. The monoisotopic (exact) mass is 388 g/mol. The van der Waals surface area contributed by atoms with Crippen LogP contribution in [0.3, 0.4) is 0 Å². The molecule has 1 saturated heterocycles. The lowest BCUT2D eigenvalue weighted by atomic mass is 10.1. The lowest BCUT2D eigenvalue weighted by Crippen LogP contribution is -2.42. The molecule has 0 saturated carbocycles. The molecule has 0 radical (unpaired) electrons. The van der Waals surface area contributed by atoms with Crippen molar-refractivity contribution in [3.8, 4) is 5.75 Å². The molecule has 0 aliphatic carbocycles. The topological polar surface area (TPSA) is 74.9 Å². The van der Waals surface area contributed by atoms with Crippen LogP contribution in [0.2, 0.25) is 0 Å². The molecular weight excluding hydrogens is 356 g/mol. The fourth-order valence-corrected chi connectivity index (χ4v) is 3.38. The van der Waals surface area contributed by atoms with Crippen molar-refractivity contribution in [2.75, 3.05) is 26.2 Å².